The molecule has 5 heteroatoms. The highest BCUT2D eigenvalue weighted by Gasteiger charge is 2.18. The summed E-state index contributed by atoms with van der Waals surface area (Å²) < 4.78 is 10.7. The van der Waals surface area contributed by atoms with Gasteiger partial charge in [0.15, 0.2) is 11.5 Å². The number of methoxy groups -OCH3 is 1. The Morgan fingerprint density at radius 3 is 2.37 bits per heavy atom. The number of amides is 1. The van der Waals surface area contributed by atoms with Gasteiger partial charge in [0.1, 0.15) is 5.75 Å². The van der Waals surface area contributed by atoms with Crippen molar-refractivity contribution in [3.8, 4) is 17.1 Å². The van der Waals surface area contributed by atoms with Gasteiger partial charge in [0.25, 0.3) is 5.91 Å². The molecular weight excluding hydrogens is 340 g/mol. The van der Waals surface area contributed by atoms with E-state index in [1.165, 1.54) is 5.56 Å². The highest BCUT2D eigenvalue weighted by molar-refractivity contribution is 5.93. The van der Waals surface area contributed by atoms with Crippen molar-refractivity contribution in [2.24, 2.45) is 0 Å². The predicted molar refractivity (Wildman–Crippen MR) is 105 cm³/mol. The third-order valence-corrected chi connectivity index (χ3v) is 4.57. The summed E-state index contributed by atoms with van der Waals surface area (Å²) in [6, 6.07) is 17.2. The Kier molecular flexibility index (Phi) is 5.60. The number of aromatic nitrogens is 1. The second kappa shape index (κ2) is 8.08. The Morgan fingerprint density at radius 1 is 1.04 bits per heavy atom. The standard InChI is InChI=1S/C22H24N2O3/c1-14(2)16-9-11-17(12-10-16)15(3)23-22(25)19-13-21(27-24-19)18-7-5-6-8-20(18)26-4/h5-15H,1-4H3,(H,23,25). The van der Waals surface area contributed by atoms with Gasteiger partial charge in [-0.2, -0.15) is 0 Å². The molecule has 1 unspecified atom stereocenters. The molecule has 0 saturated heterocycles. The van der Waals surface area contributed by atoms with Gasteiger partial charge >= 0.3 is 0 Å². The highest BCUT2D eigenvalue weighted by atomic mass is 16.5. The summed E-state index contributed by atoms with van der Waals surface area (Å²) in [5.41, 5.74) is 3.31. The normalized spacial score (nSPS) is 12.0. The van der Waals surface area contributed by atoms with Crippen LogP contribution in [0.2, 0.25) is 0 Å². The van der Waals surface area contributed by atoms with Crippen molar-refractivity contribution >= 4 is 5.91 Å². The Bertz CT molecular complexity index is 913. The number of carbonyl (C=O) groups is 1. The number of para-hydroxylation sites is 1. The Balaban J connectivity index is 1.72. The minimum atomic E-state index is -0.277. The maximum Gasteiger partial charge on any atom is 0.273 e. The number of rotatable bonds is 6. The zero-order valence-corrected chi connectivity index (χ0v) is 16.0. The first-order valence-electron chi connectivity index (χ1n) is 9.00. The van der Waals surface area contributed by atoms with Gasteiger partial charge in [-0.1, -0.05) is 55.4 Å². The van der Waals surface area contributed by atoms with Crippen LogP contribution in [0, 0.1) is 0 Å². The van der Waals surface area contributed by atoms with E-state index in [4.69, 9.17) is 9.26 Å². The lowest BCUT2D eigenvalue weighted by Crippen LogP contribution is -2.26. The lowest BCUT2D eigenvalue weighted by atomic mass is 9.99. The predicted octanol–water partition coefficient (Wildman–Crippen LogP) is 4.96. The van der Waals surface area contributed by atoms with E-state index in [-0.39, 0.29) is 17.6 Å². The largest absolute Gasteiger partial charge is 0.496 e. The van der Waals surface area contributed by atoms with Crippen LogP contribution in [0.3, 0.4) is 0 Å². The van der Waals surface area contributed by atoms with Crippen LogP contribution in [0.15, 0.2) is 59.1 Å². The number of ether oxygens (including phenoxy) is 1. The van der Waals surface area contributed by atoms with Crippen LogP contribution < -0.4 is 10.1 Å². The fourth-order valence-corrected chi connectivity index (χ4v) is 2.88. The smallest absolute Gasteiger partial charge is 0.273 e. The number of hydrogen-bond donors (Lipinski definition) is 1. The summed E-state index contributed by atoms with van der Waals surface area (Å²) in [6.45, 7) is 6.26. The second-order valence-electron chi connectivity index (χ2n) is 6.79. The van der Waals surface area contributed by atoms with Crippen molar-refractivity contribution in [1.82, 2.24) is 10.5 Å². The van der Waals surface area contributed by atoms with E-state index in [1.54, 1.807) is 13.2 Å². The monoisotopic (exact) mass is 364 g/mol. The van der Waals surface area contributed by atoms with Crippen LogP contribution >= 0.6 is 0 Å². The van der Waals surface area contributed by atoms with E-state index in [0.29, 0.717) is 17.4 Å². The molecule has 0 bridgehead atoms. The molecule has 1 atom stereocenters. The highest BCUT2D eigenvalue weighted by Crippen LogP contribution is 2.30. The molecule has 0 aliphatic rings. The second-order valence-corrected chi connectivity index (χ2v) is 6.79. The van der Waals surface area contributed by atoms with Gasteiger partial charge in [-0.3, -0.25) is 4.79 Å². The number of hydrogen-bond acceptors (Lipinski definition) is 4. The fraction of sp³-hybridized carbons (Fsp3) is 0.273. The van der Waals surface area contributed by atoms with Gasteiger partial charge in [0.05, 0.1) is 18.7 Å². The van der Waals surface area contributed by atoms with Gasteiger partial charge in [0.2, 0.25) is 0 Å². The van der Waals surface area contributed by atoms with E-state index in [0.717, 1.165) is 11.1 Å². The molecule has 140 valence electrons. The minimum absolute atomic E-state index is 0.134. The van der Waals surface area contributed by atoms with Crippen LogP contribution in [0.5, 0.6) is 5.75 Å². The lowest BCUT2D eigenvalue weighted by Gasteiger charge is -2.14. The number of nitrogens with zero attached hydrogens (tertiary/aromatic N) is 1. The van der Waals surface area contributed by atoms with Gasteiger partial charge < -0.3 is 14.6 Å². The quantitative estimate of drug-likeness (QED) is 0.671. The summed E-state index contributed by atoms with van der Waals surface area (Å²) in [5.74, 6) is 1.36. The molecule has 2 aromatic carbocycles. The molecule has 3 aromatic rings. The first-order chi connectivity index (χ1) is 13.0. The van der Waals surface area contributed by atoms with Gasteiger partial charge in [-0.15, -0.1) is 0 Å². The molecule has 27 heavy (non-hydrogen) atoms. The molecule has 1 aromatic heterocycles. The molecule has 1 N–H and O–H groups in total. The van der Waals surface area contributed by atoms with E-state index >= 15 is 0 Å². The van der Waals surface area contributed by atoms with Crippen molar-refractivity contribution < 1.29 is 14.1 Å². The molecule has 5 nitrogen and oxygen atoms in total. The zero-order valence-electron chi connectivity index (χ0n) is 16.0. The SMILES string of the molecule is COc1ccccc1-c1cc(C(=O)NC(C)c2ccc(C(C)C)cc2)no1. The molecule has 0 aliphatic carbocycles. The van der Waals surface area contributed by atoms with Crippen LogP contribution in [0.1, 0.15) is 54.3 Å². The maximum absolute atomic E-state index is 12.5. The van der Waals surface area contributed by atoms with Crippen LogP contribution in [-0.4, -0.2) is 18.2 Å². The molecule has 0 saturated carbocycles. The van der Waals surface area contributed by atoms with Crippen LogP contribution in [0.4, 0.5) is 0 Å². The van der Waals surface area contributed by atoms with Gasteiger partial charge in [0, 0.05) is 6.07 Å². The molecule has 1 amide bonds. The third kappa shape index (κ3) is 4.19. The number of nitrogens with one attached hydrogen (secondary N) is 1. The van der Waals surface area contributed by atoms with Gasteiger partial charge in [-0.05, 0) is 36.1 Å². The van der Waals surface area contributed by atoms with E-state index in [2.05, 4.69) is 36.5 Å². The molecule has 0 spiro atoms. The van der Waals surface area contributed by atoms with E-state index < -0.39 is 0 Å². The minimum Gasteiger partial charge on any atom is -0.496 e. The summed E-state index contributed by atoms with van der Waals surface area (Å²) in [6.07, 6.45) is 0. The molecule has 0 radical (unpaired) electrons. The molecule has 1 heterocycles. The first kappa shape index (κ1) is 18.7. The van der Waals surface area contributed by atoms with Crippen molar-refractivity contribution in [3.63, 3.8) is 0 Å². The summed E-state index contributed by atoms with van der Waals surface area (Å²) >= 11 is 0. The van der Waals surface area contributed by atoms with E-state index in [9.17, 15) is 4.79 Å². The Hall–Kier alpha value is -3.08. The number of carbonyl (C=O) groups excluding carboxylic acids is 1. The zero-order chi connectivity index (χ0) is 19.4. The summed E-state index contributed by atoms with van der Waals surface area (Å²) in [7, 11) is 1.59. The van der Waals surface area contributed by atoms with Crippen molar-refractivity contribution in [3.05, 3.63) is 71.4 Å². The molecule has 0 fully saturated rings. The van der Waals surface area contributed by atoms with Crippen molar-refractivity contribution in [1.29, 1.82) is 0 Å². The van der Waals surface area contributed by atoms with Crippen LogP contribution in [-0.2, 0) is 0 Å². The topological polar surface area (TPSA) is 64.4 Å². The summed E-state index contributed by atoms with van der Waals surface area (Å²) in [5, 5.41) is 6.87. The van der Waals surface area contributed by atoms with E-state index in [1.807, 2.05) is 43.3 Å². The molecular formula is C22H24N2O3. The molecule has 3 rings (SSSR count). The number of benzene rings is 2. The first-order valence-corrected chi connectivity index (χ1v) is 9.00. The fourth-order valence-electron chi connectivity index (χ4n) is 2.88. The molecule has 0 aliphatic heterocycles. The average molecular weight is 364 g/mol. The lowest BCUT2D eigenvalue weighted by molar-refractivity contribution is 0.0931. The van der Waals surface area contributed by atoms with Crippen LogP contribution in [0.25, 0.3) is 11.3 Å². The summed E-state index contributed by atoms with van der Waals surface area (Å²) in [4.78, 5) is 12.5. The maximum atomic E-state index is 12.5. The van der Waals surface area contributed by atoms with Crippen molar-refractivity contribution in [2.75, 3.05) is 7.11 Å². The Morgan fingerprint density at radius 2 is 1.70 bits per heavy atom. The van der Waals surface area contributed by atoms with Crippen molar-refractivity contribution in [2.45, 2.75) is 32.7 Å². The van der Waals surface area contributed by atoms with Gasteiger partial charge in [-0.25, -0.2) is 0 Å². The third-order valence-electron chi connectivity index (χ3n) is 4.57. The Labute approximate surface area is 159 Å². The average Bonchev–Trinajstić information content (AvgIpc) is 3.18.